The van der Waals surface area contributed by atoms with Gasteiger partial charge in [0, 0.05) is 17.6 Å². The molecule has 0 atom stereocenters. The molecule has 0 fully saturated rings. The van der Waals surface area contributed by atoms with E-state index in [-0.39, 0.29) is 23.4 Å². The van der Waals surface area contributed by atoms with Gasteiger partial charge in [-0.15, -0.1) is 0 Å². The van der Waals surface area contributed by atoms with Gasteiger partial charge in [-0.1, -0.05) is 24.3 Å². The van der Waals surface area contributed by atoms with Crippen molar-refractivity contribution in [3.8, 4) is 11.5 Å². The maximum Gasteiger partial charge on any atom is 0.336 e. The van der Waals surface area contributed by atoms with Crippen molar-refractivity contribution in [1.82, 2.24) is 8.75 Å². The Labute approximate surface area is 207 Å². The number of Topliss-reactive ketones (excluding diaryl/α,β-unsaturated/α-hetero) is 1. The molecule has 0 aliphatic carbocycles. The van der Waals surface area contributed by atoms with E-state index in [4.69, 9.17) is 9.47 Å². The van der Waals surface area contributed by atoms with Gasteiger partial charge in [0.05, 0.1) is 31.5 Å². The topological polar surface area (TPSA) is 98.6 Å². The normalized spacial score (nSPS) is 11.8. The highest BCUT2D eigenvalue weighted by Gasteiger charge is 2.25. The van der Waals surface area contributed by atoms with Crippen molar-refractivity contribution >= 4 is 40.1 Å². The Morgan fingerprint density at radius 2 is 1.54 bits per heavy atom. The van der Waals surface area contributed by atoms with Crippen LogP contribution in [0, 0.1) is 13.8 Å². The molecule has 3 aromatic carbocycles. The molecule has 1 N–H and O–H groups in total. The zero-order chi connectivity index (χ0) is 25.1. The number of carbonyl (C=O) groups excluding carboxylic acids is 1. The Hall–Kier alpha value is -4.04. The fourth-order valence-corrected chi connectivity index (χ4v) is 4.42. The van der Waals surface area contributed by atoms with E-state index in [1.54, 1.807) is 48.5 Å². The van der Waals surface area contributed by atoms with E-state index in [2.05, 4.69) is 8.75 Å². The lowest BCUT2D eigenvalue weighted by atomic mass is 9.88. The number of carboxylic acid groups (broad SMARTS) is 1. The minimum atomic E-state index is -1.19. The molecule has 1 heterocycles. The van der Waals surface area contributed by atoms with Crippen LogP contribution in [-0.2, 0) is 11.2 Å². The second kappa shape index (κ2) is 10.1. The lowest BCUT2D eigenvalue weighted by molar-refractivity contribution is -0.130. The number of carboxylic acids is 1. The number of aromatic nitrogens is 2. The minimum Gasteiger partial charge on any atom is -0.493 e. The van der Waals surface area contributed by atoms with E-state index in [0.29, 0.717) is 39.2 Å². The molecule has 1 aromatic heterocycles. The highest BCUT2D eigenvalue weighted by atomic mass is 32.1. The summed E-state index contributed by atoms with van der Waals surface area (Å²) in [5.41, 5.74) is 4.88. The lowest BCUT2D eigenvalue weighted by Crippen LogP contribution is -2.14. The number of benzene rings is 3. The van der Waals surface area contributed by atoms with Gasteiger partial charge in [0.2, 0.25) is 0 Å². The number of rotatable bonds is 8. The van der Waals surface area contributed by atoms with Crippen LogP contribution in [0.25, 0.3) is 16.6 Å². The summed E-state index contributed by atoms with van der Waals surface area (Å²) in [4.78, 5) is 26.4. The predicted molar refractivity (Wildman–Crippen MR) is 135 cm³/mol. The number of allylic oxidation sites excluding steroid dienone is 1. The Balaban J connectivity index is 1.92. The molecule has 0 saturated carbocycles. The summed E-state index contributed by atoms with van der Waals surface area (Å²) in [5.74, 6) is -0.506. The third-order valence-electron chi connectivity index (χ3n) is 5.93. The molecule has 0 spiro atoms. The van der Waals surface area contributed by atoms with E-state index in [0.717, 1.165) is 22.9 Å². The fraction of sp³-hybridized carbons (Fsp3) is 0.185. The number of hydrogen-bond acceptors (Lipinski definition) is 7. The number of carbonyl (C=O) groups is 2. The van der Waals surface area contributed by atoms with Crippen LogP contribution in [0.1, 0.15) is 32.6 Å². The van der Waals surface area contributed by atoms with Crippen molar-refractivity contribution in [2.75, 3.05) is 14.2 Å². The fourth-order valence-electron chi connectivity index (χ4n) is 3.90. The largest absolute Gasteiger partial charge is 0.493 e. The van der Waals surface area contributed by atoms with E-state index in [9.17, 15) is 14.7 Å². The monoisotopic (exact) mass is 488 g/mol. The summed E-state index contributed by atoms with van der Waals surface area (Å²) >= 11 is 1.05. The van der Waals surface area contributed by atoms with Gasteiger partial charge in [-0.3, -0.25) is 4.79 Å². The lowest BCUT2D eigenvalue weighted by Gasteiger charge is -2.15. The van der Waals surface area contributed by atoms with Gasteiger partial charge in [0.25, 0.3) is 0 Å². The van der Waals surface area contributed by atoms with Gasteiger partial charge in [-0.25, -0.2) is 4.79 Å². The number of ether oxygens (including phenoxy) is 2. The molecule has 0 amide bonds. The Bertz CT molecular complexity index is 1470. The van der Waals surface area contributed by atoms with Gasteiger partial charge >= 0.3 is 5.97 Å². The Kier molecular flexibility index (Phi) is 6.93. The van der Waals surface area contributed by atoms with Crippen molar-refractivity contribution in [2.45, 2.75) is 20.3 Å². The number of aryl methyl sites for hydroxylation is 2. The van der Waals surface area contributed by atoms with Crippen LogP contribution in [0.2, 0.25) is 0 Å². The zero-order valence-corrected chi connectivity index (χ0v) is 20.6. The number of hydrogen-bond donors (Lipinski definition) is 1. The summed E-state index contributed by atoms with van der Waals surface area (Å²) in [7, 11) is 3.07. The third-order valence-corrected chi connectivity index (χ3v) is 6.49. The molecule has 4 rings (SSSR count). The molecule has 0 aliphatic rings. The van der Waals surface area contributed by atoms with Crippen LogP contribution in [0.3, 0.4) is 0 Å². The molecule has 0 aliphatic heterocycles. The van der Waals surface area contributed by atoms with Crippen LogP contribution in [0.5, 0.6) is 11.5 Å². The van der Waals surface area contributed by atoms with Crippen molar-refractivity contribution in [3.05, 3.63) is 88.0 Å². The minimum absolute atomic E-state index is 0.0714. The highest BCUT2D eigenvalue weighted by molar-refractivity contribution is 7.00. The summed E-state index contributed by atoms with van der Waals surface area (Å²) in [6, 6.07) is 15.7. The van der Waals surface area contributed by atoms with Crippen molar-refractivity contribution in [1.29, 1.82) is 0 Å². The molecule has 7 nitrogen and oxygen atoms in total. The number of aliphatic carboxylic acids is 1. The van der Waals surface area contributed by atoms with Crippen LogP contribution < -0.4 is 9.47 Å². The first-order valence-corrected chi connectivity index (χ1v) is 11.6. The standard InChI is InChI=1S/C27H24N2O5S/c1-15-5-7-19(11-16(15)2)26(30)20(12-17-6-10-23(33-3)24(13-17)34-4)25(27(31)32)18-8-9-21-22(14-18)29-35-28-21/h5-11,13-14H,12H2,1-4H3,(H,31,32)/b25-20+. The average molecular weight is 489 g/mol. The van der Waals surface area contributed by atoms with Crippen LogP contribution in [0.15, 0.2) is 60.2 Å². The van der Waals surface area contributed by atoms with Crippen LogP contribution >= 0.6 is 11.7 Å². The quantitative estimate of drug-likeness (QED) is 0.266. The molecule has 0 unspecified atom stereocenters. The number of fused-ring (bicyclic) bond motifs is 1. The van der Waals surface area contributed by atoms with E-state index in [1.165, 1.54) is 14.2 Å². The molecule has 0 saturated heterocycles. The number of ketones is 1. The summed E-state index contributed by atoms with van der Waals surface area (Å²) in [6.45, 7) is 3.88. The van der Waals surface area contributed by atoms with Gasteiger partial charge in [0.15, 0.2) is 17.3 Å². The number of methoxy groups -OCH3 is 2. The first-order valence-electron chi connectivity index (χ1n) is 10.8. The molecule has 4 aromatic rings. The summed E-state index contributed by atoms with van der Waals surface area (Å²) in [6.07, 6.45) is 0.0844. The predicted octanol–water partition coefficient (Wildman–Crippen LogP) is 5.29. The Morgan fingerprint density at radius 1 is 0.829 bits per heavy atom. The second-order valence-corrected chi connectivity index (χ2v) is 8.65. The van der Waals surface area contributed by atoms with Crippen molar-refractivity contribution in [2.24, 2.45) is 0 Å². The van der Waals surface area contributed by atoms with E-state index in [1.807, 2.05) is 19.9 Å². The molecule has 35 heavy (non-hydrogen) atoms. The number of nitrogens with zero attached hydrogens (tertiary/aromatic N) is 2. The summed E-state index contributed by atoms with van der Waals surface area (Å²) < 4.78 is 19.1. The smallest absolute Gasteiger partial charge is 0.336 e. The SMILES string of the molecule is COc1ccc(C/C(C(=O)c2ccc(C)c(C)c2)=C(\C(=O)O)c2ccc3nsnc3c2)cc1OC. The third kappa shape index (κ3) is 4.93. The maximum absolute atomic E-state index is 13.8. The highest BCUT2D eigenvalue weighted by Crippen LogP contribution is 2.32. The molecular formula is C27H24N2O5S. The van der Waals surface area contributed by atoms with Gasteiger partial charge in [-0.2, -0.15) is 8.75 Å². The maximum atomic E-state index is 13.8. The van der Waals surface area contributed by atoms with Crippen LogP contribution in [-0.4, -0.2) is 39.8 Å². The van der Waals surface area contributed by atoms with Crippen molar-refractivity contribution < 1.29 is 24.2 Å². The van der Waals surface area contributed by atoms with E-state index >= 15 is 0 Å². The van der Waals surface area contributed by atoms with Gasteiger partial charge in [-0.05, 0) is 66.4 Å². The molecule has 0 radical (unpaired) electrons. The summed E-state index contributed by atoms with van der Waals surface area (Å²) in [5, 5.41) is 10.3. The first kappa shape index (κ1) is 24.1. The van der Waals surface area contributed by atoms with Crippen LogP contribution in [0.4, 0.5) is 0 Å². The molecule has 8 heteroatoms. The first-order chi connectivity index (χ1) is 16.8. The van der Waals surface area contributed by atoms with Crippen molar-refractivity contribution in [3.63, 3.8) is 0 Å². The van der Waals surface area contributed by atoms with E-state index < -0.39 is 5.97 Å². The average Bonchev–Trinajstić information content (AvgIpc) is 3.32. The van der Waals surface area contributed by atoms with Gasteiger partial charge < -0.3 is 14.6 Å². The molecule has 0 bridgehead atoms. The Morgan fingerprint density at radius 3 is 2.23 bits per heavy atom. The second-order valence-electron chi connectivity index (χ2n) is 8.12. The molecule has 178 valence electrons. The molecular weight excluding hydrogens is 464 g/mol. The van der Waals surface area contributed by atoms with Gasteiger partial charge in [0.1, 0.15) is 11.0 Å². The zero-order valence-electron chi connectivity index (χ0n) is 19.8.